The number of benzene rings is 3. The first kappa shape index (κ1) is 23.6. The number of piperidine rings is 1. The van der Waals surface area contributed by atoms with E-state index in [4.69, 9.17) is 0 Å². The van der Waals surface area contributed by atoms with Gasteiger partial charge in [0, 0.05) is 43.6 Å². The maximum atomic E-state index is 13.5. The smallest absolute Gasteiger partial charge is 0.242 e. The molecule has 35 heavy (non-hydrogen) atoms. The molecule has 0 aromatic heterocycles. The van der Waals surface area contributed by atoms with Gasteiger partial charge in [-0.1, -0.05) is 66.7 Å². The van der Waals surface area contributed by atoms with E-state index in [0.29, 0.717) is 18.5 Å². The molecular formula is C30H36N4O. The molecule has 3 aromatic carbocycles. The lowest BCUT2D eigenvalue weighted by molar-refractivity contribution is -0.131. The zero-order valence-corrected chi connectivity index (χ0v) is 20.4. The summed E-state index contributed by atoms with van der Waals surface area (Å²) in [4.78, 5) is 20.3. The van der Waals surface area contributed by atoms with E-state index in [-0.39, 0.29) is 5.91 Å². The summed E-state index contributed by atoms with van der Waals surface area (Å²) in [5.74, 6) is 0.850. The fraction of sp³-hybridized carbons (Fsp3) is 0.367. The van der Waals surface area contributed by atoms with Gasteiger partial charge in [0.1, 0.15) is 6.54 Å². The second kappa shape index (κ2) is 11.5. The molecule has 3 aromatic rings. The van der Waals surface area contributed by atoms with Crippen molar-refractivity contribution in [2.75, 3.05) is 50.7 Å². The first-order valence-corrected chi connectivity index (χ1v) is 12.9. The predicted molar refractivity (Wildman–Crippen MR) is 143 cm³/mol. The Morgan fingerprint density at radius 3 is 1.83 bits per heavy atom. The van der Waals surface area contributed by atoms with Crippen LogP contribution in [0, 0.1) is 5.92 Å². The number of rotatable bonds is 7. The van der Waals surface area contributed by atoms with Gasteiger partial charge in [-0.15, -0.1) is 0 Å². The summed E-state index contributed by atoms with van der Waals surface area (Å²) in [5, 5.41) is 3.52. The standard InChI is InChI=1S/C30H36N4O/c35-29(24-34(27-12-6-2-7-13-27)28-14-8-3-9-15-28)32-20-22-33(23-21-32)30(25-10-4-1-5-11-25)26-16-18-31-19-17-26/h1-15,26,30-31H,16-24H2. The first-order valence-electron chi connectivity index (χ1n) is 12.9. The number of carbonyl (C=O) groups is 1. The van der Waals surface area contributed by atoms with Crippen LogP contribution in [0.3, 0.4) is 0 Å². The number of anilines is 2. The van der Waals surface area contributed by atoms with Crippen LogP contribution in [-0.2, 0) is 4.79 Å². The van der Waals surface area contributed by atoms with E-state index in [0.717, 1.165) is 50.6 Å². The zero-order valence-electron chi connectivity index (χ0n) is 20.4. The molecule has 2 aliphatic rings. The fourth-order valence-electron chi connectivity index (χ4n) is 5.62. The number of para-hydroxylation sites is 2. The van der Waals surface area contributed by atoms with Gasteiger partial charge in [-0.05, 0) is 61.7 Å². The van der Waals surface area contributed by atoms with Crippen LogP contribution in [0.25, 0.3) is 0 Å². The Labute approximate surface area is 209 Å². The molecule has 1 atom stereocenters. The van der Waals surface area contributed by atoms with Crippen molar-refractivity contribution in [1.29, 1.82) is 0 Å². The van der Waals surface area contributed by atoms with Gasteiger partial charge in [-0.25, -0.2) is 0 Å². The minimum absolute atomic E-state index is 0.190. The minimum Gasteiger partial charge on any atom is -0.339 e. The molecule has 2 heterocycles. The summed E-state index contributed by atoms with van der Waals surface area (Å²) in [6, 6.07) is 31.8. The lowest BCUT2D eigenvalue weighted by Crippen LogP contribution is -2.53. The Morgan fingerprint density at radius 2 is 1.29 bits per heavy atom. The van der Waals surface area contributed by atoms with Crippen molar-refractivity contribution in [2.45, 2.75) is 18.9 Å². The molecule has 2 fully saturated rings. The first-order chi connectivity index (χ1) is 17.3. The summed E-state index contributed by atoms with van der Waals surface area (Å²) < 4.78 is 0. The van der Waals surface area contributed by atoms with Crippen molar-refractivity contribution in [1.82, 2.24) is 15.1 Å². The van der Waals surface area contributed by atoms with Crippen LogP contribution in [0.4, 0.5) is 11.4 Å². The molecule has 1 unspecified atom stereocenters. The minimum atomic E-state index is 0.190. The molecule has 5 rings (SSSR count). The third kappa shape index (κ3) is 5.75. The Hall–Kier alpha value is -3.15. The highest BCUT2D eigenvalue weighted by Crippen LogP contribution is 2.35. The molecule has 5 nitrogen and oxygen atoms in total. The maximum Gasteiger partial charge on any atom is 0.242 e. The van der Waals surface area contributed by atoms with Crippen molar-refractivity contribution >= 4 is 17.3 Å². The number of piperazine rings is 1. The normalized spacial score (nSPS) is 18.2. The van der Waals surface area contributed by atoms with E-state index in [1.165, 1.54) is 18.4 Å². The summed E-state index contributed by atoms with van der Waals surface area (Å²) in [6.07, 6.45) is 2.42. The molecule has 0 saturated carbocycles. The van der Waals surface area contributed by atoms with Crippen LogP contribution in [-0.4, -0.2) is 61.5 Å². The van der Waals surface area contributed by atoms with E-state index < -0.39 is 0 Å². The molecule has 0 bridgehead atoms. The molecule has 182 valence electrons. The highest BCUT2D eigenvalue weighted by atomic mass is 16.2. The largest absolute Gasteiger partial charge is 0.339 e. The second-order valence-electron chi connectivity index (χ2n) is 9.62. The van der Waals surface area contributed by atoms with E-state index >= 15 is 0 Å². The monoisotopic (exact) mass is 468 g/mol. The maximum absolute atomic E-state index is 13.5. The number of nitrogens with one attached hydrogen (secondary N) is 1. The average Bonchev–Trinajstić information content (AvgIpc) is 2.94. The van der Waals surface area contributed by atoms with Crippen LogP contribution < -0.4 is 10.2 Å². The van der Waals surface area contributed by atoms with Crippen LogP contribution in [0.15, 0.2) is 91.0 Å². The zero-order chi connectivity index (χ0) is 23.9. The number of nitrogens with zero attached hydrogens (tertiary/aromatic N) is 3. The van der Waals surface area contributed by atoms with Crippen molar-refractivity contribution in [3.63, 3.8) is 0 Å². The third-order valence-corrected chi connectivity index (χ3v) is 7.46. The highest BCUT2D eigenvalue weighted by molar-refractivity contribution is 5.84. The van der Waals surface area contributed by atoms with Crippen LogP contribution in [0.2, 0.25) is 0 Å². The fourth-order valence-corrected chi connectivity index (χ4v) is 5.62. The molecule has 1 N–H and O–H groups in total. The lowest BCUT2D eigenvalue weighted by atomic mass is 9.84. The van der Waals surface area contributed by atoms with Gasteiger partial charge < -0.3 is 15.1 Å². The number of hydrogen-bond acceptors (Lipinski definition) is 4. The molecule has 2 aliphatic heterocycles. The Morgan fingerprint density at radius 1 is 0.771 bits per heavy atom. The van der Waals surface area contributed by atoms with E-state index in [9.17, 15) is 4.79 Å². The predicted octanol–water partition coefficient (Wildman–Crippen LogP) is 4.71. The van der Waals surface area contributed by atoms with Crippen molar-refractivity contribution < 1.29 is 4.79 Å². The summed E-state index contributed by atoms with van der Waals surface area (Å²) in [7, 11) is 0. The number of hydrogen-bond donors (Lipinski definition) is 1. The van der Waals surface area contributed by atoms with Crippen molar-refractivity contribution in [2.24, 2.45) is 5.92 Å². The molecule has 1 amide bonds. The Balaban J connectivity index is 1.27. The summed E-state index contributed by atoms with van der Waals surface area (Å²) >= 11 is 0. The van der Waals surface area contributed by atoms with Gasteiger partial charge in [0.25, 0.3) is 0 Å². The van der Waals surface area contributed by atoms with E-state index in [1.807, 2.05) is 36.4 Å². The summed E-state index contributed by atoms with van der Waals surface area (Å²) in [5.41, 5.74) is 3.50. The quantitative estimate of drug-likeness (QED) is 0.545. The van der Waals surface area contributed by atoms with Crippen LogP contribution in [0.1, 0.15) is 24.4 Å². The molecule has 0 radical (unpaired) electrons. The SMILES string of the molecule is O=C(CN(c1ccccc1)c1ccccc1)N1CCN(C(c2ccccc2)C2CCNCC2)CC1. The topological polar surface area (TPSA) is 38.8 Å². The molecule has 0 aliphatic carbocycles. The van der Waals surface area contributed by atoms with Gasteiger partial charge in [0.15, 0.2) is 0 Å². The number of carbonyl (C=O) groups excluding carboxylic acids is 1. The molecule has 0 spiro atoms. The number of amides is 1. The van der Waals surface area contributed by atoms with Gasteiger partial charge in [-0.2, -0.15) is 0 Å². The second-order valence-corrected chi connectivity index (χ2v) is 9.62. The van der Waals surface area contributed by atoms with E-state index in [2.05, 4.69) is 74.6 Å². The molecule has 5 heteroatoms. The average molecular weight is 469 g/mol. The Kier molecular flexibility index (Phi) is 7.76. The van der Waals surface area contributed by atoms with Crippen LogP contribution >= 0.6 is 0 Å². The van der Waals surface area contributed by atoms with Crippen molar-refractivity contribution in [3.05, 3.63) is 96.6 Å². The lowest BCUT2D eigenvalue weighted by Gasteiger charge is -2.44. The molecule has 2 saturated heterocycles. The Bertz CT molecular complexity index is 1010. The van der Waals surface area contributed by atoms with Gasteiger partial charge in [0.2, 0.25) is 5.91 Å². The highest BCUT2D eigenvalue weighted by Gasteiger charge is 2.33. The van der Waals surface area contributed by atoms with Gasteiger partial charge in [-0.3, -0.25) is 9.69 Å². The van der Waals surface area contributed by atoms with Gasteiger partial charge >= 0.3 is 0 Å². The van der Waals surface area contributed by atoms with E-state index in [1.54, 1.807) is 0 Å². The molecular weight excluding hydrogens is 432 g/mol. The van der Waals surface area contributed by atoms with Gasteiger partial charge in [0.05, 0.1) is 0 Å². The third-order valence-electron chi connectivity index (χ3n) is 7.46. The van der Waals surface area contributed by atoms with Crippen molar-refractivity contribution in [3.8, 4) is 0 Å². The summed E-state index contributed by atoms with van der Waals surface area (Å²) in [6.45, 7) is 5.96. The van der Waals surface area contributed by atoms with Crippen LogP contribution in [0.5, 0.6) is 0 Å².